The van der Waals surface area contributed by atoms with Crippen molar-refractivity contribution in [2.45, 2.75) is 198 Å². The average Bonchev–Trinajstić information content (AvgIpc) is 3.04. The number of hydrogen-bond donors (Lipinski definition) is 4. The quantitative estimate of drug-likeness (QED) is 0.0477. The molecule has 1 fully saturated rings. The lowest BCUT2D eigenvalue weighted by atomic mass is 9.99. The number of carbonyl (C=O) groups is 1. The predicted octanol–water partition coefficient (Wildman–Crippen LogP) is 6.74. The standard InChI is InChI=1S/C36H70O9/c1-3-5-7-9-11-13-15-17-19-21-23-25-32(38)44-30(29-43-36-35(41)34(40)33(39)31(27-37)45-36)28-42-26-24-22-20-18-16-14-12-10-8-6-4-2/h30-31,33-37,39-41H,3-29H2,1-2H3. The molecule has 0 aromatic heterocycles. The maximum Gasteiger partial charge on any atom is 0.306 e. The lowest BCUT2D eigenvalue weighted by molar-refractivity contribution is -0.305. The summed E-state index contributed by atoms with van der Waals surface area (Å²) in [5.41, 5.74) is 0. The highest BCUT2D eigenvalue weighted by atomic mass is 16.7. The maximum atomic E-state index is 12.6. The monoisotopic (exact) mass is 647 g/mol. The van der Waals surface area contributed by atoms with Gasteiger partial charge in [0.25, 0.3) is 0 Å². The number of aliphatic hydroxyl groups is 4. The van der Waals surface area contributed by atoms with Crippen LogP contribution in [-0.2, 0) is 23.7 Å². The second kappa shape index (κ2) is 29.3. The molecule has 0 saturated carbocycles. The van der Waals surface area contributed by atoms with Gasteiger partial charge in [-0.05, 0) is 12.8 Å². The van der Waals surface area contributed by atoms with Gasteiger partial charge in [-0.15, -0.1) is 0 Å². The van der Waals surface area contributed by atoms with E-state index >= 15 is 0 Å². The Bertz CT molecular complexity index is 662. The molecule has 6 unspecified atom stereocenters. The number of carbonyl (C=O) groups excluding carboxylic acids is 1. The summed E-state index contributed by atoms with van der Waals surface area (Å²) in [5, 5.41) is 39.8. The summed E-state index contributed by atoms with van der Waals surface area (Å²) >= 11 is 0. The van der Waals surface area contributed by atoms with Gasteiger partial charge in [0.2, 0.25) is 0 Å². The Kier molecular flexibility index (Phi) is 27.5. The van der Waals surface area contributed by atoms with Crippen LogP contribution in [0, 0.1) is 0 Å². The molecule has 0 bridgehead atoms. The van der Waals surface area contributed by atoms with E-state index in [2.05, 4.69) is 13.8 Å². The van der Waals surface area contributed by atoms with E-state index < -0.39 is 43.4 Å². The lowest BCUT2D eigenvalue weighted by Gasteiger charge is -2.39. The molecule has 1 heterocycles. The molecule has 9 nitrogen and oxygen atoms in total. The first-order chi connectivity index (χ1) is 21.9. The first kappa shape index (κ1) is 42.2. The minimum Gasteiger partial charge on any atom is -0.457 e. The number of aliphatic hydroxyl groups excluding tert-OH is 4. The van der Waals surface area contributed by atoms with Crippen LogP contribution in [0.25, 0.3) is 0 Å². The van der Waals surface area contributed by atoms with Gasteiger partial charge in [-0.2, -0.15) is 0 Å². The van der Waals surface area contributed by atoms with Gasteiger partial charge in [0.1, 0.15) is 30.5 Å². The third kappa shape index (κ3) is 21.6. The second-order valence-corrected chi connectivity index (χ2v) is 13.0. The van der Waals surface area contributed by atoms with E-state index in [0.29, 0.717) is 13.0 Å². The number of hydrogen-bond acceptors (Lipinski definition) is 9. The zero-order valence-electron chi connectivity index (χ0n) is 28.9. The highest BCUT2D eigenvalue weighted by Gasteiger charge is 2.44. The number of esters is 1. The molecule has 0 amide bonds. The van der Waals surface area contributed by atoms with Gasteiger partial charge in [0.15, 0.2) is 6.29 Å². The molecule has 0 aliphatic carbocycles. The van der Waals surface area contributed by atoms with E-state index in [1.54, 1.807) is 0 Å². The van der Waals surface area contributed by atoms with Crippen LogP contribution in [0.5, 0.6) is 0 Å². The molecule has 0 spiro atoms. The molecule has 0 aromatic rings. The molecule has 1 saturated heterocycles. The minimum atomic E-state index is -1.53. The zero-order chi connectivity index (χ0) is 33.0. The molecule has 6 atom stereocenters. The summed E-state index contributed by atoms with van der Waals surface area (Å²) in [6.45, 7) is 4.55. The SMILES string of the molecule is CCCCCCCCCCCCCOCC(COC1OC(CO)C(O)C(O)C1O)OC(=O)CCCCCCCCCCCCC. The Labute approximate surface area is 274 Å². The second-order valence-electron chi connectivity index (χ2n) is 13.0. The van der Waals surface area contributed by atoms with Gasteiger partial charge in [0.05, 0.1) is 19.8 Å². The van der Waals surface area contributed by atoms with Crippen molar-refractivity contribution in [1.29, 1.82) is 0 Å². The van der Waals surface area contributed by atoms with Crippen molar-refractivity contribution in [3.63, 3.8) is 0 Å². The van der Waals surface area contributed by atoms with Crippen LogP contribution in [0.15, 0.2) is 0 Å². The van der Waals surface area contributed by atoms with Crippen LogP contribution in [0.3, 0.4) is 0 Å². The topological polar surface area (TPSA) is 135 Å². The minimum absolute atomic E-state index is 0.106. The van der Waals surface area contributed by atoms with Crippen molar-refractivity contribution in [2.75, 3.05) is 26.4 Å². The van der Waals surface area contributed by atoms with E-state index in [1.165, 1.54) is 109 Å². The third-order valence-electron chi connectivity index (χ3n) is 8.77. The molecular weight excluding hydrogens is 576 g/mol. The first-order valence-corrected chi connectivity index (χ1v) is 18.6. The highest BCUT2D eigenvalue weighted by molar-refractivity contribution is 5.69. The predicted molar refractivity (Wildman–Crippen MR) is 178 cm³/mol. The fourth-order valence-corrected chi connectivity index (χ4v) is 5.78. The molecule has 0 radical (unpaired) electrons. The molecular formula is C36H70O9. The summed E-state index contributed by atoms with van der Waals surface area (Å²) < 4.78 is 22.6. The summed E-state index contributed by atoms with van der Waals surface area (Å²) in [6.07, 6.45) is 19.8. The Morgan fingerprint density at radius 2 is 1.09 bits per heavy atom. The van der Waals surface area contributed by atoms with Crippen LogP contribution < -0.4 is 0 Å². The van der Waals surface area contributed by atoms with Crippen LogP contribution in [0.1, 0.15) is 162 Å². The van der Waals surface area contributed by atoms with Crippen molar-refractivity contribution in [2.24, 2.45) is 0 Å². The van der Waals surface area contributed by atoms with Crippen LogP contribution >= 0.6 is 0 Å². The van der Waals surface area contributed by atoms with Crippen molar-refractivity contribution in [1.82, 2.24) is 0 Å². The third-order valence-corrected chi connectivity index (χ3v) is 8.77. The van der Waals surface area contributed by atoms with E-state index in [0.717, 1.165) is 32.1 Å². The Morgan fingerprint density at radius 3 is 1.58 bits per heavy atom. The summed E-state index contributed by atoms with van der Waals surface area (Å²) in [6, 6.07) is 0. The molecule has 1 aliphatic rings. The summed E-state index contributed by atoms with van der Waals surface area (Å²) in [5.74, 6) is -0.313. The summed E-state index contributed by atoms with van der Waals surface area (Å²) in [7, 11) is 0. The number of ether oxygens (including phenoxy) is 4. The largest absolute Gasteiger partial charge is 0.457 e. The van der Waals surface area contributed by atoms with Crippen molar-refractivity contribution < 1.29 is 44.2 Å². The molecule has 45 heavy (non-hydrogen) atoms. The fraction of sp³-hybridized carbons (Fsp3) is 0.972. The fourth-order valence-electron chi connectivity index (χ4n) is 5.78. The van der Waals surface area contributed by atoms with Gasteiger partial charge in [0, 0.05) is 13.0 Å². The summed E-state index contributed by atoms with van der Waals surface area (Å²) in [4.78, 5) is 12.6. The molecule has 1 aliphatic heterocycles. The molecule has 1 rings (SSSR count). The van der Waals surface area contributed by atoms with E-state index in [1.807, 2.05) is 0 Å². The average molecular weight is 647 g/mol. The van der Waals surface area contributed by atoms with Gasteiger partial charge in [-0.1, -0.05) is 142 Å². The Balaban J connectivity index is 2.34. The smallest absolute Gasteiger partial charge is 0.306 e. The van der Waals surface area contributed by atoms with Gasteiger partial charge < -0.3 is 39.4 Å². The normalized spacial score (nSPS) is 22.5. The molecule has 0 aromatic carbocycles. The van der Waals surface area contributed by atoms with E-state index in [-0.39, 0.29) is 19.2 Å². The highest BCUT2D eigenvalue weighted by Crippen LogP contribution is 2.22. The number of unbranched alkanes of at least 4 members (excludes halogenated alkanes) is 20. The van der Waals surface area contributed by atoms with Crippen molar-refractivity contribution >= 4 is 5.97 Å². The van der Waals surface area contributed by atoms with Gasteiger partial charge >= 0.3 is 5.97 Å². The van der Waals surface area contributed by atoms with Crippen molar-refractivity contribution in [3.8, 4) is 0 Å². The van der Waals surface area contributed by atoms with Crippen LogP contribution in [0.4, 0.5) is 0 Å². The van der Waals surface area contributed by atoms with Crippen molar-refractivity contribution in [3.05, 3.63) is 0 Å². The van der Waals surface area contributed by atoms with Crippen LogP contribution in [0.2, 0.25) is 0 Å². The van der Waals surface area contributed by atoms with Gasteiger partial charge in [-0.25, -0.2) is 0 Å². The van der Waals surface area contributed by atoms with E-state index in [9.17, 15) is 25.2 Å². The number of rotatable bonds is 31. The lowest BCUT2D eigenvalue weighted by Crippen LogP contribution is -2.59. The molecule has 268 valence electrons. The van der Waals surface area contributed by atoms with E-state index in [4.69, 9.17) is 18.9 Å². The maximum absolute atomic E-state index is 12.6. The van der Waals surface area contributed by atoms with Crippen LogP contribution in [-0.4, -0.2) is 89.6 Å². The first-order valence-electron chi connectivity index (χ1n) is 18.6. The molecule has 9 heteroatoms. The Hall–Kier alpha value is -0.810. The van der Waals surface area contributed by atoms with Gasteiger partial charge in [-0.3, -0.25) is 4.79 Å². The zero-order valence-corrected chi connectivity index (χ0v) is 28.9. The Morgan fingerprint density at radius 1 is 0.622 bits per heavy atom. The molecule has 4 N–H and O–H groups in total.